The minimum atomic E-state index is -0.604. The van der Waals surface area contributed by atoms with Crippen molar-refractivity contribution >= 4 is 18.0 Å². The summed E-state index contributed by atoms with van der Waals surface area (Å²) in [7, 11) is 2.81. The third-order valence-electron chi connectivity index (χ3n) is 2.12. The molecule has 0 aliphatic rings. The highest BCUT2D eigenvalue weighted by atomic mass is 16.5. The van der Waals surface area contributed by atoms with Crippen LogP contribution in [0.3, 0.4) is 0 Å². The molecule has 0 fully saturated rings. The molecule has 0 saturated heterocycles. The van der Waals surface area contributed by atoms with Crippen LogP contribution in [0, 0.1) is 0 Å². The van der Waals surface area contributed by atoms with Gasteiger partial charge in [-0.05, 0) is 23.8 Å². The Labute approximate surface area is 105 Å². The van der Waals surface area contributed by atoms with Crippen LogP contribution in [0.15, 0.2) is 30.0 Å². The minimum absolute atomic E-state index is 0.0817. The maximum atomic E-state index is 11.5. The molecule has 5 heteroatoms. The van der Waals surface area contributed by atoms with Gasteiger partial charge in [-0.25, -0.2) is 4.79 Å². The zero-order valence-corrected chi connectivity index (χ0v) is 10.5. The van der Waals surface area contributed by atoms with E-state index in [1.54, 1.807) is 31.4 Å². The van der Waals surface area contributed by atoms with E-state index in [9.17, 15) is 9.59 Å². The summed E-state index contributed by atoms with van der Waals surface area (Å²) in [5.41, 5.74) is 0.807. The van der Waals surface area contributed by atoms with Gasteiger partial charge in [-0.2, -0.15) is 0 Å². The molecule has 0 spiro atoms. The summed E-state index contributed by atoms with van der Waals surface area (Å²) < 4.78 is 9.66. The highest BCUT2D eigenvalue weighted by Crippen LogP contribution is 2.15. The molecule has 0 saturated carbocycles. The van der Waals surface area contributed by atoms with Crippen LogP contribution in [0.25, 0.3) is 6.08 Å². The molecule has 0 bridgehead atoms. The Balaban J connectivity index is 3.05. The van der Waals surface area contributed by atoms with Gasteiger partial charge in [-0.15, -0.1) is 0 Å². The number of ether oxygens (including phenoxy) is 2. The molecule has 1 N–H and O–H groups in total. The SMILES string of the molecule is COC(=O)/C(=C/c1cccc(OC)c1)NC(C)=O. The Hall–Kier alpha value is -2.30. The van der Waals surface area contributed by atoms with E-state index < -0.39 is 5.97 Å². The first-order valence-electron chi connectivity index (χ1n) is 5.28. The largest absolute Gasteiger partial charge is 0.497 e. The average molecular weight is 249 g/mol. The average Bonchev–Trinajstić information content (AvgIpc) is 2.36. The second-order valence-electron chi connectivity index (χ2n) is 3.51. The molecule has 1 aromatic rings. The van der Waals surface area contributed by atoms with E-state index in [1.165, 1.54) is 20.1 Å². The van der Waals surface area contributed by atoms with Crippen LogP contribution in [0.2, 0.25) is 0 Å². The monoisotopic (exact) mass is 249 g/mol. The first kappa shape index (κ1) is 13.8. The van der Waals surface area contributed by atoms with Crippen molar-refractivity contribution in [2.24, 2.45) is 0 Å². The van der Waals surface area contributed by atoms with Gasteiger partial charge in [0.25, 0.3) is 0 Å². The van der Waals surface area contributed by atoms with Crippen LogP contribution in [0.1, 0.15) is 12.5 Å². The summed E-state index contributed by atoms with van der Waals surface area (Å²) in [6, 6.07) is 7.10. The lowest BCUT2D eigenvalue weighted by Crippen LogP contribution is -2.25. The van der Waals surface area contributed by atoms with Crippen LogP contribution >= 0.6 is 0 Å². The molecule has 96 valence electrons. The Kier molecular flexibility index (Phi) is 4.92. The fourth-order valence-electron chi connectivity index (χ4n) is 1.34. The number of rotatable bonds is 4. The van der Waals surface area contributed by atoms with Gasteiger partial charge in [-0.1, -0.05) is 12.1 Å². The molecule has 1 amide bonds. The molecule has 1 rings (SSSR count). The quantitative estimate of drug-likeness (QED) is 0.646. The number of benzene rings is 1. The zero-order chi connectivity index (χ0) is 13.5. The maximum absolute atomic E-state index is 11.5. The second-order valence-corrected chi connectivity index (χ2v) is 3.51. The highest BCUT2D eigenvalue weighted by molar-refractivity contribution is 5.97. The summed E-state index contributed by atoms with van der Waals surface area (Å²) in [6.07, 6.45) is 1.52. The maximum Gasteiger partial charge on any atom is 0.354 e. The van der Waals surface area contributed by atoms with Gasteiger partial charge in [0.05, 0.1) is 14.2 Å². The number of carbonyl (C=O) groups excluding carboxylic acids is 2. The lowest BCUT2D eigenvalue weighted by molar-refractivity contribution is -0.137. The van der Waals surface area contributed by atoms with Crippen molar-refractivity contribution < 1.29 is 19.1 Å². The van der Waals surface area contributed by atoms with Crippen LogP contribution in [-0.2, 0) is 14.3 Å². The summed E-state index contributed by atoms with van der Waals surface area (Å²) in [5.74, 6) is -0.279. The van der Waals surface area contributed by atoms with Gasteiger partial charge < -0.3 is 14.8 Å². The van der Waals surface area contributed by atoms with E-state index in [2.05, 4.69) is 10.1 Å². The van der Waals surface area contributed by atoms with Crippen molar-refractivity contribution in [2.75, 3.05) is 14.2 Å². The van der Waals surface area contributed by atoms with Gasteiger partial charge in [0.1, 0.15) is 11.4 Å². The molecule has 0 heterocycles. The number of esters is 1. The Bertz CT molecular complexity index is 480. The number of carbonyl (C=O) groups is 2. The zero-order valence-electron chi connectivity index (χ0n) is 10.5. The smallest absolute Gasteiger partial charge is 0.354 e. The molecule has 1 aromatic carbocycles. The first-order valence-corrected chi connectivity index (χ1v) is 5.28. The van der Waals surface area contributed by atoms with E-state index in [-0.39, 0.29) is 11.6 Å². The van der Waals surface area contributed by atoms with Crippen molar-refractivity contribution in [1.29, 1.82) is 0 Å². The number of nitrogens with one attached hydrogen (secondary N) is 1. The highest BCUT2D eigenvalue weighted by Gasteiger charge is 2.11. The third kappa shape index (κ3) is 3.93. The number of hydrogen-bond donors (Lipinski definition) is 1. The first-order chi connectivity index (χ1) is 8.56. The van der Waals surface area contributed by atoms with Crippen molar-refractivity contribution in [3.8, 4) is 5.75 Å². The van der Waals surface area contributed by atoms with Crippen LogP contribution in [0.4, 0.5) is 0 Å². The normalized spacial score (nSPS) is 10.7. The lowest BCUT2D eigenvalue weighted by atomic mass is 10.2. The fourth-order valence-corrected chi connectivity index (χ4v) is 1.34. The lowest BCUT2D eigenvalue weighted by Gasteiger charge is -2.06. The molecule has 5 nitrogen and oxygen atoms in total. The standard InChI is InChI=1S/C13H15NO4/c1-9(15)14-12(13(16)18-3)8-10-5-4-6-11(7-10)17-2/h4-8H,1-3H3,(H,14,15)/b12-8-. The number of hydrogen-bond acceptors (Lipinski definition) is 4. The summed E-state index contributed by atoms with van der Waals surface area (Å²) >= 11 is 0. The Morgan fingerprint density at radius 3 is 2.56 bits per heavy atom. The van der Waals surface area contributed by atoms with Crippen molar-refractivity contribution in [1.82, 2.24) is 5.32 Å². The van der Waals surface area contributed by atoms with Gasteiger partial charge in [0.15, 0.2) is 0 Å². The predicted octanol–water partition coefficient (Wildman–Crippen LogP) is 1.35. The van der Waals surface area contributed by atoms with Gasteiger partial charge in [0, 0.05) is 6.92 Å². The van der Waals surface area contributed by atoms with E-state index in [4.69, 9.17) is 4.74 Å². The molecular weight excluding hydrogens is 234 g/mol. The summed E-state index contributed by atoms with van der Waals surface area (Å²) in [6.45, 7) is 1.32. The van der Waals surface area contributed by atoms with E-state index in [0.717, 1.165) is 5.56 Å². The molecule has 0 aliphatic heterocycles. The van der Waals surface area contributed by atoms with Gasteiger partial charge in [0.2, 0.25) is 5.91 Å². The molecular formula is C13H15NO4. The Morgan fingerprint density at radius 2 is 2.00 bits per heavy atom. The van der Waals surface area contributed by atoms with E-state index >= 15 is 0 Å². The third-order valence-corrected chi connectivity index (χ3v) is 2.12. The molecule has 0 aliphatic carbocycles. The van der Waals surface area contributed by atoms with Crippen molar-refractivity contribution in [3.05, 3.63) is 35.5 Å². The van der Waals surface area contributed by atoms with Crippen LogP contribution in [-0.4, -0.2) is 26.1 Å². The van der Waals surface area contributed by atoms with Crippen molar-refractivity contribution in [3.63, 3.8) is 0 Å². The summed E-state index contributed by atoms with van der Waals surface area (Å²) in [5, 5.41) is 2.42. The number of amides is 1. The fraction of sp³-hybridized carbons (Fsp3) is 0.231. The van der Waals surface area contributed by atoms with Gasteiger partial charge >= 0.3 is 5.97 Å². The molecule has 0 atom stereocenters. The Morgan fingerprint density at radius 1 is 1.28 bits per heavy atom. The van der Waals surface area contributed by atoms with Crippen LogP contribution in [0.5, 0.6) is 5.75 Å². The molecule has 0 aromatic heterocycles. The summed E-state index contributed by atoms with van der Waals surface area (Å²) in [4.78, 5) is 22.5. The molecule has 0 radical (unpaired) electrons. The van der Waals surface area contributed by atoms with Crippen LogP contribution < -0.4 is 10.1 Å². The second kappa shape index (κ2) is 6.44. The minimum Gasteiger partial charge on any atom is -0.497 e. The van der Waals surface area contributed by atoms with E-state index in [1.807, 2.05) is 0 Å². The number of methoxy groups -OCH3 is 2. The van der Waals surface area contributed by atoms with Crippen molar-refractivity contribution in [2.45, 2.75) is 6.92 Å². The molecule has 0 unspecified atom stereocenters. The topological polar surface area (TPSA) is 64.6 Å². The molecule has 18 heavy (non-hydrogen) atoms. The van der Waals surface area contributed by atoms with Gasteiger partial charge in [-0.3, -0.25) is 4.79 Å². The van der Waals surface area contributed by atoms with E-state index in [0.29, 0.717) is 5.75 Å². The predicted molar refractivity (Wildman–Crippen MR) is 66.8 cm³/mol.